The van der Waals surface area contributed by atoms with Crippen LogP contribution >= 0.6 is 0 Å². The highest BCUT2D eigenvalue weighted by Crippen LogP contribution is 2.16. The third-order valence-corrected chi connectivity index (χ3v) is 11.1. The zero-order valence-corrected chi connectivity index (χ0v) is 33.8. The van der Waals surface area contributed by atoms with E-state index >= 15 is 0 Å². The van der Waals surface area contributed by atoms with Crippen molar-refractivity contribution in [2.75, 3.05) is 26.2 Å². The van der Waals surface area contributed by atoms with Gasteiger partial charge in [0.2, 0.25) is 11.7 Å². The Hall–Kier alpha value is -1.06. The summed E-state index contributed by atoms with van der Waals surface area (Å²) in [5, 5.41) is 6.81. The van der Waals surface area contributed by atoms with E-state index in [1.165, 1.54) is 231 Å². The van der Waals surface area contributed by atoms with Gasteiger partial charge in [0.25, 0.3) is 0 Å². The fourth-order valence-corrected chi connectivity index (χ4v) is 7.70. The maximum absolute atomic E-state index is 12.4. The number of hydrogen-bond donors (Lipinski definition) is 2. The molecule has 1 aliphatic rings. The molecule has 4 nitrogen and oxygen atoms in total. The number of rotatable bonds is 40. The molecule has 4 heteroatoms. The molecule has 0 unspecified atom stereocenters. The second kappa shape index (κ2) is 38.2. The molecule has 1 amide bonds. The van der Waals surface area contributed by atoms with Crippen molar-refractivity contribution >= 4 is 11.7 Å². The average Bonchev–Trinajstić information content (AvgIpc) is 3.56. The van der Waals surface area contributed by atoms with E-state index in [4.69, 9.17) is 0 Å². The van der Waals surface area contributed by atoms with E-state index in [1.807, 2.05) is 0 Å². The van der Waals surface area contributed by atoms with Crippen LogP contribution in [0.4, 0.5) is 0 Å². The normalized spacial score (nSPS) is 13.0. The van der Waals surface area contributed by atoms with Gasteiger partial charge in [-0.05, 0) is 12.8 Å². The molecule has 290 valence electrons. The molecule has 0 aliphatic carbocycles. The van der Waals surface area contributed by atoms with Crippen molar-refractivity contribution in [3.8, 4) is 0 Å². The molecule has 0 aromatic heterocycles. The highest BCUT2D eigenvalue weighted by atomic mass is 16.1. The number of nitrogens with zero attached hydrogens (tertiary/aromatic N) is 1. The Morgan fingerprint density at radius 3 is 1.18 bits per heavy atom. The summed E-state index contributed by atoms with van der Waals surface area (Å²) in [7, 11) is 0. The van der Waals surface area contributed by atoms with Crippen molar-refractivity contribution in [1.82, 2.24) is 10.6 Å². The second-order valence-electron chi connectivity index (χ2n) is 15.9. The van der Waals surface area contributed by atoms with Gasteiger partial charge in [-0.25, -0.2) is 0 Å². The third kappa shape index (κ3) is 32.6. The Balaban J connectivity index is 1.84. The van der Waals surface area contributed by atoms with Gasteiger partial charge in [0.15, 0.2) is 0 Å². The number of amides is 1. The minimum absolute atomic E-state index is 0.248. The fourth-order valence-electron chi connectivity index (χ4n) is 7.70. The summed E-state index contributed by atoms with van der Waals surface area (Å²) in [6.45, 7) is 8.47. The molecular weight excluding hydrogens is 599 g/mol. The third-order valence-electron chi connectivity index (χ3n) is 11.1. The Morgan fingerprint density at radius 2 is 0.816 bits per heavy atom. The van der Waals surface area contributed by atoms with Crippen LogP contribution in [0.1, 0.15) is 251 Å². The quantitative estimate of drug-likeness (QED) is 0.0497. The predicted molar refractivity (Wildman–Crippen MR) is 218 cm³/mol. The zero-order chi connectivity index (χ0) is 35.1. The van der Waals surface area contributed by atoms with Crippen molar-refractivity contribution in [2.45, 2.75) is 251 Å². The Kier molecular flexibility index (Phi) is 35.8. The van der Waals surface area contributed by atoms with Gasteiger partial charge in [-0.3, -0.25) is 14.7 Å². The molecule has 0 atom stereocenters. The van der Waals surface area contributed by atoms with E-state index in [9.17, 15) is 4.79 Å². The molecule has 1 aliphatic heterocycles. The number of unbranched alkanes of at least 4 members (excludes halogenated alkanes) is 33. The molecule has 1 heterocycles. The fraction of sp³-hybridized carbons (Fsp3) is 0.956. The monoisotopic (exact) mass is 689 g/mol. The van der Waals surface area contributed by atoms with Crippen molar-refractivity contribution in [2.24, 2.45) is 0 Å². The molecule has 1 rings (SSSR count). The van der Waals surface area contributed by atoms with Crippen LogP contribution in [0.2, 0.25) is 0 Å². The van der Waals surface area contributed by atoms with Crippen LogP contribution in [0.25, 0.3) is 0 Å². The van der Waals surface area contributed by atoms with Gasteiger partial charge in [0.1, 0.15) is 19.6 Å². The topological polar surface area (TPSA) is 44.1 Å². The van der Waals surface area contributed by atoms with Gasteiger partial charge in [-0.2, -0.15) is 0 Å². The van der Waals surface area contributed by atoms with Crippen LogP contribution in [0, 0.1) is 0 Å². The lowest BCUT2D eigenvalue weighted by Gasteiger charge is -2.07. The lowest BCUT2D eigenvalue weighted by atomic mass is 10.0. The van der Waals surface area contributed by atoms with Crippen LogP contribution in [0.5, 0.6) is 0 Å². The maximum atomic E-state index is 12.4. The molecule has 0 fully saturated rings. The first-order valence-corrected chi connectivity index (χ1v) is 22.9. The highest BCUT2D eigenvalue weighted by molar-refractivity contribution is 5.78. The van der Waals surface area contributed by atoms with Crippen LogP contribution in [-0.2, 0) is 4.79 Å². The molecular formula is C45H90N3O+. The summed E-state index contributed by atoms with van der Waals surface area (Å²) in [6, 6.07) is 0. The van der Waals surface area contributed by atoms with Crippen LogP contribution in [-0.4, -0.2) is 42.5 Å². The highest BCUT2D eigenvalue weighted by Gasteiger charge is 2.19. The predicted octanol–water partition coefficient (Wildman–Crippen LogP) is 13.6. The van der Waals surface area contributed by atoms with E-state index in [-0.39, 0.29) is 5.91 Å². The van der Waals surface area contributed by atoms with Crippen molar-refractivity contribution in [1.29, 1.82) is 0 Å². The van der Waals surface area contributed by atoms with E-state index in [2.05, 4.69) is 29.1 Å². The summed E-state index contributed by atoms with van der Waals surface area (Å²) >= 11 is 0. The number of carbonyl (C=O) groups is 1. The van der Waals surface area contributed by atoms with Gasteiger partial charge in [-0.1, -0.05) is 226 Å². The van der Waals surface area contributed by atoms with E-state index in [1.54, 1.807) is 0 Å². The standard InChI is InChI=1S/C45H89N3O/c1-3-5-7-9-11-13-15-17-19-21-22-23-24-26-28-30-32-34-36-38-44-46-40-42-48(44)43-41-47-45(49)39-37-35-33-31-29-27-25-20-18-16-14-12-10-8-6-4-2/h3-43H2,1-2H3,(H,47,49)/p+1. The van der Waals surface area contributed by atoms with Crippen LogP contribution in [0.15, 0.2) is 0 Å². The maximum Gasteiger partial charge on any atom is 0.244 e. The summed E-state index contributed by atoms with van der Waals surface area (Å²) in [5.41, 5.74) is 0. The smallest absolute Gasteiger partial charge is 0.244 e. The van der Waals surface area contributed by atoms with Gasteiger partial charge < -0.3 is 5.32 Å². The Bertz CT molecular complexity index is 720. The largest absolute Gasteiger partial charge is 0.352 e. The van der Waals surface area contributed by atoms with Crippen molar-refractivity contribution < 1.29 is 9.37 Å². The summed E-state index contributed by atoms with van der Waals surface area (Å²) in [5.74, 6) is 1.66. The first kappa shape index (κ1) is 46.0. The number of amidine groups is 1. The van der Waals surface area contributed by atoms with E-state index in [0.29, 0.717) is 6.42 Å². The molecule has 0 bridgehead atoms. The minimum Gasteiger partial charge on any atom is -0.352 e. The van der Waals surface area contributed by atoms with Crippen molar-refractivity contribution in [3.05, 3.63) is 0 Å². The second-order valence-corrected chi connectivity index (χ2v) is 15.9. The number of carbonyl (C=O) groups excluding carboxylic acids is 1. The molecule has 0 radical (unpaired) electrons. The summed E-state index contributed by atoms with van der Waals surface area (Å²) < 4.78 is 2.48. The first-order valence-electron chi connectivity index (χ1n) is 22.9. The van der Waals surface area contributed by atoms with E-state index < -0.39 is 0 Å². The molecule has 2 N–H and O–H groups in total. The van der Waals surface area contributed by atoms with Gasteiger partial charge in [-0.15, -0.1) is 0 Å². The van der Waals surface area contributed by atoms with Gasteiger partial charge in [0, 0.05) is 12.8 Å². The molecule has 0 spiro atoms. The Labute approximate surface area is 308 Å². The first-order chi connectivity index (χ1) is 24.3. The average molecular weight is 689 g/mol. The molecule has 0 aromatic carbocycles. The van der Waals surface area contributed by atoms with E-state index in [0.717, 1.165) is 32.6 Å². The SMILES string of the molecule is CCCCCCCCCCCCCCCCCCCCCC1=[N+](CCNC(=O)CCCCCCCCCCCCCCCCCC)CCN1. The lowest BCUT2D eigenvalue weighted by molar-refractivity contribution is -0.517. The lowest BCUT2D eigenvalue weighted by Crippen LogP contribution is -2.32. The molecule has 0 saturated heterocycles. The minimum atomic E-state index is 0.248. The van der Waals surface area contributed by atoms with Crippen LogP contribution in [0.3, 0.4) is 0 Å². The molecule has 0 aromatic rings. The summed E-state index contributed by atoms with van der Waals surface area (Å²) in [4.78, 5) is 12.4. The van der Waals surface area contributed by atoms with Crippen molar-refractivity contribution in [3.63, 3.8) is 0 Å². The molecule has 49 heavy (non-hydrogen) atoms. The summed E-state index contributed by atoms with van der Waals surface area (Å²) in [6.07, 6.45) is 51.1. The zero-order valence-electron chi connectivity index (χ0n) is 33.8. The number of hydrogen-bond acceptors (Lipinski definition) is 2. The number of nitrogens with one attached hydrogen (secondary N) is 2. The Morgan fingerprint density at radius 1 is 0.490 bits per heavy atom. The molecule has 0 saturated carbocycles. The van der Waals surface area contributed by atoms with Gasteiger partial charge >= 0.3 is 0 Å². The van der Waals surface area contributed by atoms with Gasteiger partial charge in [0.05, 0.1) is 6.54 Å². The van der Waals surface area contributed by atoms with Crippen LogP contribution < -0.4 is 10.6 Å².